The maximum Gasteiger partial charge on any atom is 0.408 e. The molecule has 16 heteroatoms. The number of esters is 1. The molecule has 3 atom stereocenters. The van der Waals surface area contributed by atoms with Crippen molar-refractivity contribution in [2.45, 2.75) is 63.6 Å². The number of ether oxygens (including phenoxy) is 5. The van der Waals surface area contributed by atoms with Crippen LogP contribution < -0.4 is 24.1 Å². The smallest absolute Gasteiger partial charge is 0.408 e. The Balaban J connectivity index is 0.832. The molecule has 5 aliphatic rings. The van der Waals surface area contributed by atoms with Crippen LogP contribution in [-0.4, -0.2) is 79.8 Å². The number of carbonyl (C=O) groups excluding carboxylic acids is 3. The number of fused-ring (bicyclic) bond motifs is 3. The summed E-state index contributed by atoms with van der Waals surface area (Å²) in [5, 5.41) is 3.82. The summed E-state index contributed by atoms with van der Waals surface area (Å²) in [5.74, 6) is -0.132. The van der Waals surface area contributed by atoms with Crippen molar-refractivity contribution in [1.82, 2.24) is 15.1 Å². The van der Waals surface area contributed by atoms with Crippen molar-refractivity contribution >= 4 is 41.2 Å². The molecule has 2 amide bonds. The van der Waals surface area contributed by atoms with Crippen LogP contribution in [0.25, 0.3) is 0 Å². The number of alkyl halides is 2. The first-order valence-electron chi connectivity index (χ1n) is 23.0. The Kier molecular flexibility index (Phi) is 14.6. The average molecular weight is 971 g/mol. The van der Waals surface area contributed by atoms with Crippen molar-refractivity contribution in [1.29, 1.82) is 0 Å². The Hall–Kier alpha value is -5.96. The van der Waals surface area contributed by atoms with Crippen molar-refractivity contribution in [2.75, 3.05) is 39.3 Å². The number of hydrogen-bond donors (Lipinski definition) is 1. The van der Waals surface area contributed by atoms with Gasteiger partial charge in [0.2, 0.25) is 0 Å². The minimum atomic E-state index is -3.06. The predicted molar refractivity (Wildman–Crippen MR) is 249 cm³/mol. The van der Waals surface area contributed by atoms with Gasteiger partial charge in [0.15, 0.2) is 23.9 Å². The highest BCUT2D eigenvalue weighted by Crippen LogP contribution is 2.39. The van der Waals surface area contributed by atoms with E-state index >= 15 is 0 Å². The summed E-state index contributed by atoms with van der Waals surface area (Å²) in [4.78, 5) is 44.8. The molecule has 356 valence electrons. The van der Waals surface area contributed by atoms with Crippen molar-refractivity contribution in [2.24, 2.45) is 24.8 Å². The van der Waals surface area contributed by atoms with E-state index in [4.69, 9.17) is 46.9 Å². The number of piperidine rings is 3. The Morgan fingerprint density at radius 3 is 2.24 bits per heavy atom. The zero-order chi connectivity index (χ0) is 47.3. The number of alkyl carbamates (subject to hydrolysis) is 1. The number of hydrogen-bond acceptors (Lipinski definition) is 9. The summed E-state index contributed by atoms with van der Waals surface area (Å²) in [5.41, 5.74) is 3.92. The highest BCUT2D eigenvalue weighted by molar-refractivity contribution is 6.35. The molecule has 12 nitrogen and oxygen atoms in total. The zero-order valence-electron chi connectivity index (χ0n) is 37.5. The van der Waals surface area contributed by atoms with Crippen molar-refractivity contribution in [3.05, 3.63) is 153 Å². The van der Waals surface area contributed by atoms with E-state index in [1.807, 2.05) is 60.7 Å². The van der Waals surface area contributed by atoms with Gasteiger partial charge in [0.1, 0.15) is 41.7 Å². The van der Waals surface area contributed by atoms with Gasteiger partial charge in [0.05, 0.1) is 18.6 Å². The van der Waals surface area contributed by atoms with Crippen LogP contribution in [0.15, 0.2) is 109 Å². The first kappa shape index (κ1) is 47.1. The van der Waals surface area contributed by atoms with E-state index in [2.05, 4.69) is 10.2 Å². The molecule has 4 saturated heterocycles. The summed E-state index contributed by atoms with van der Waals surface area (Å²) >= 11 is 13.3. The summed E-state index contributed by atoms with van der Waals surface area (Å²) in [6.07, 6.45) is 5.98. The van der Waals surface area contributed by atoms with Gasteiger partial charge in [-0.1, -0.05) is 83.9 Å². The SMILES string of the molecule is C[n+]1cc(Cl)c(C[C@H](OC(=O)C2CN(C(=O)c3cccc(COc4cccc([C@@H](NC(=O)O[C@H]5CN6CCC5CC6)c5ccccc5)c4)c3)C2)c2ccc(OC(F)F)c(OCC3CC3)c2)c(Cl)c1. The number of aryl methyl sites for hydroxylation is 1. The lowest BCUT2D eigenvalue weighted by Gasteiger charge is -2.43. The number of nitrogens with zero attached hydrogens (tertiary/aromatic N) is 3. The van der Waals surface area contributed by atoms with E-state index in [1.165, 1.54) is 6.07 Å². The number of benzene rings is 4. The van der Waals surface area contributed by atoms with Gasteiger partial charge in [-0.05, 0) is 109 Å². The van der Waals surface area contributed by atoms with Crippen LogP contribution in [0.1, 0.15) is 76.0 Å². The maximum atomic E-state index is 13.8. The standard InChI is InChI=1S/C52H52Cl2F2N4O8/c1-58-27-42(53)41(43(54)28-58)24-45(36-15-16-44(67-51(55)56)46(23-36)65-30-32-13-14-32)66-50(62)39-25-60(26-39)49(61)38-11-5-7-33(21-38)31-64-40-12-6-10-37(22-40)48(35-8-3-2-4-9-35)57-52(63)68-47-29-59-19-17-34(47)18-20-59/h2-12,15-16,21-23,27-28,32,34,39,45,47-48,51H,13-14,17-20,24-26,29-31H2,1H3/p+1/t45-,47-,48-/m0/s1. The van der Waals surface area contributed by atoms with Gasteiger partial charge in [-0.2, -0.15) is 8.78 Å². The normalized spacial score (nSPS) is 19.7. The quantitative estimate of drug-likeness (QED) is 0.0677. The third kappa shape index (κ3) is 11.6. The monoisotopic (exact) mass is 969 g/mol. The van der Waals surface area contributed by atoms with Gasteiger partial charge in [-0.25, -0.2) is 9.36 Å². The van der Waals surface area contributed by atoms with Crippen molar-refractivity contribution < 1.29 is 51.4 Å². The lowest BCUT2D eigenvalue weighted by Crippen LogP contribution is -2.53. The van der Waals surface area contributed by atoms with Crippen LogP contribution >= 0.6 is 23.2 Å². The molecular weight excluding hydrogens is 917 g/mol. The van der Waals surface area contributed by atoms with Gasteiger partial charge >= 0.3 is 18.7 Å². The number of aromatic nitrogens is 1. The number of pyridine rings is 1. The number of amides is 2. The maximum absolute atomic E-state index is 13.8. The largest absolute Gasteiger partial charge is 0.489 e. The van der Waals surface area contributed by atoms with E-state index < -0.39 is 36.7 Å². The van der Waals surface area contributed by atoms with E-state index in [0.717, 1.165) is 62.0 Å². The molecule has 4 aromatic carbocycles. The second-order valence-electron chi connectivity index (χ2n) is 18.1. The molecule has 1 saturated carbocycles. The number of likely N-dealkylation sites (tertiary alicyclic amines) is 1. The molecule has 5 fully saturated rings. The molecule has 1 aromatic heterocycles. The van der Waals surface area contributed by atoms with E-state index in [0.29, 0.717) is 50.9 Å². The first-order valence-corrected chi connectivity index (χ1v) is 23.8. The topological polar surface area (TPSA) is 120 Å². The van der Waals surface area contributed by atoms with E-state index in [-0.39, 0.29) is 49.6 Å². The van der Waals surface area contributed by atoms with Crippen LogP contribution in [-0.2, 0) is 34.3 Å². The lowest BCUT2D eigenvalue weighted by atomic mass is 9.86. The Morgan fingerprint density at radius 1 is 0.794 bits per heavy atom. The fourth-order valence-corrected chi connectivity index (χ4v) is 9.81. The predicted octanol–water partition coefficient (Wildman–Crippen LogP) is 9.30. The van der Waals surface area contributed by atoms with Crippen molar-refractivity contribution in [3.63, 3.8) is 0 Å². The molecule has 0 radical (unpaired) electrons. The summed E-state index contributed by atoms with van der Waals surface area (Å²) in [6, 6.07) is 28.4. The van der Waals surface area contributed by atoms with Gasteiger partial charge in [-0.15, -0.1) is 0 Å². The number of halogens is 4. The molecule has 5 heterocycles. The minimum absolute atomic E-state index is 0.0782. The molecule has 0 unspecified atom stereocenters. The highest BCUT2D eigenvalue weighted by Gasteiger charge is 2.40. The molecule has 1 N–H and O–H groups in total. The fourth-order valence-electron chi connectivity index (χ4n) is 9.09. The second kappa shape index (κ2) is 21.1. The average Bonchev–Trinajstić information content (AvgIpc) is 4.15. The zero-order valence-corrected chi connectivity index (χ0v) is 39.1. The van der Waals surface area contributed by atoms with Gasteiger partial charge in [-0.3, -0.25) is 14.5 Å². The van der Waals surface area contributed by atoms with Crippen LogP contribution in [0, 0.1) is 17.8 Å². The molecule has 68 heavy (non-hydrogen) atoms. The summed E-state index contributed by atoms with van der Waals surface area (Å²) in [7, 11) is 1.78. The molecule has 5 aromatic rings. The Morgan fingerprint density at radius 2 is 1.53 bits per heavy atom. The van der Waals surface area contributed by atoms with Crippen molar-refractivity contribution in [3.8, 4) is 17.2 Å². The Labute approximate surface area is 404 Å². The minimum Gasteiger partial charge on any atom is -0.489 e. The summed E-state index contributed by atoms with van der Waals surface area (Å²) < 4.78 is 57.5. The highest BCUT2D eigenvalue weighted by atomic mass is 35.5. The lowest BCUT2D eigenvalue weighted by molar-refractivity contribution is -0.671. The second-order valence-corrected chi connectivity index (χ2v) is 18.9. The van der Waals surface area contributed by atoms with Crippen LogP contribution in [0.4, 0.5) is 13.6 Å². The van der Waals surface area contributed by atoms with E-state index in [1.54, 1.807) is 59.2 Å². The van der Waals surface area contributed by atoms with Crippen LogP contribution in [0.2, 0.25) is 10.0 Å². The van der Waals surface area contributed by atoms with Crippen LogP contribution in [0.3, 0.4) is 0 Å². The summed E-state index contributed by atoms with van der Waals surface area (Å²) in [6.45, 7) is 0.567. The third-order valence-corrected chi connectivity index (χ3v) is 13.8. The first-order chi connectivity index (χ1) is 32.9. The molecule has 1 aliphatic carbocycles. The number of nitrogens with one attached hydrogen (secondary N) is 1. The van der Waals surface area contributed by atoms with E-state index in [9.17, 15) is 23.2 Å². The molecule has 10 rings (SSSR count). The molecular formula is C52H53Cl2F2N4O8+. The number of rotatable bonds is 18. The fraction of sp³-hybridized carbons (Fsp3) is 0.385. The van der Waals surface area contributed by atoms with Gasteiger partial charge in [0, 0.05) is 37.2 Å². The molecule has 2 bridgehead atoms. The van der Waals surface area contributed by atoms with Crippen LogP contribution in [0.5, 0.6) is 17.2 Å². The molecule has 4 aliphatic heterocycles. The number of carbonyl (C=O) groups is 3. The van der Waals surface area contributed by atoms with Gasteiger partial charge < -0.3 is 33.9 Å². The third-order valence-electron chi connectivity index (χ3n) is 13.1. The molecule has 0 spiro atoms. The Bertz CT molecular complexity index is 2580. The van der Waals surface area contributed by atoms with Gasteiger partial charge in [0.25, 0.3) is 5.91 Å².